The molecule has 0 rings (SSSR count). The topological polar surface area (TPSA) is 82.8 Å². The molecule has 0 aromatic rings. The number of nitrogens with two attached hydrogens (primary N) is 1. The molecule has 0 spiro atoms. The van der Waals surface area contributed by atoms with E-state index in [1.165, 1.54) is 0 Å². The minimum absolute atomic E-state index is 0.481. The molecular weight excluding hydrogens is 288 g/mol. The lowest BCUT2D eigenvalue weighted by Gasteiger charge is -2.29. The van der Waals surface area contributed by atoms with E-state index < -0.39 is 14.8 Å². The first-order valence-corrected chi connectivity index (χ1v) is 9.98. The SMILES string of the molecule is CCCO[Si](CCCCNC(N)=O)(OCCC)OCCC. The third-order valence-corrected chi connectivity index (χ3v) is 5.69. The molecule has 0 saturated carbocycles. The Labute approximate surface area is 130 Å². The molecule has 0 aromatic heterocycles. The van der Waals surface area contributed by atoms with Crippen molar-refractivity contribution in [2.24, 2.45) is 5.73 Å². The van der Waals surface area contributed by atoms with E-state index in [1.54, 1.807) is 0 Å². The van der Waals surface area contributed by atoms with Gasteiger partial charge in [-0.25, -0.2) is 4.79 Å². The second-order valence-corrected chi connectivity index (χ2v) is 7.71. The monoisotopic (exact) mass is 320 g/mol. The fraction of sp³-hybridized carbons (Fsp3) is 0.929. The number of unbranched alkanes of at least 4 members (excludes halogenated alkanes) is 1. The Kier molecular flexibility index (Phi) is 12.7. The van der Waals surface area contributed by atoms with E-state index in [0.29, 0.717) is 26.4 Å². The molecule has 0 bridgehead atoms. The summed E-state index contributed by atoms with van der Waals surface area (Å²) in [6, 6.07) is 0.304. The van der Waals surface area contributed by atoms with Crippen LogP contribution in [0, 0.1) is 0 Å². The highest BCUT2D eigenvalue weighted by Crippen LogP contribution is 2.20. The summed E-state index contributed by atoms with van der Waals surface area (Å²) < 4.78 is 18.0. The first-order chi connectivity index (χ1) is 10.1. The van der Waals surface area contributed by atoms with Crippen LogP contribution in [0.2, 0.25) is 6.04 Å². The summed E-state index contributed by atoms with van der Waals surface area (Å²) in [5.74, 6) is 0. The van der Waals surface area contributed by atoms with E-state index in [9.17, 15) is 4.79 Å². The quantitative estimate of drug-likeness (QED) is 0.381. The highest BCUT2D eigenvalue weighted by atomic mass is 28.4. The van der Waals surface area contributed by atoms with Crippen LogP contribution in [-0.4, -0.2) is 41.2 Å². The normalized spacial score (nSPS) is 11.6. The second-order valence-electron chi connectivity index (χ2n) is 4.98. The van der Waals surface area contributed by atoms with Crippen LogP contribution >= 0.6 is 0 Å². The summed E-state index contributed by atoms with van der Waals surface area (Å²) in [6.45, 7) is 8.81. The molecule has 0 aliphatic carbocycles. The van der Waals surface area contributed by atoms with E-state index in [2.05, 4.69) is 26.1 Å². The summed E-state index contributed by atoms with van der Waals surface area (Å²) in [4.78, 5) is 10.6. The van der Waals surface area contributed by atoms with E-state index in [-0.39, 0.29) is 0 Å². The zero-order chi connectivity index (χ0) is 16.0. The maximum Gasteiger partial charge on any atom is 0.500 e. The van der Waals surface area contributed by atoms with Crippen LogP contribution in [0.25, 0.3) is 0 Å². The second kappa shape index (κ2) is 13.1. The van der Waals surface area contributed by atoms with E-state index in [0.717, 1.165) is 38.1 Å². The summed E-state index contributed by atoms with van der Waals surface area (Å²) in [6.07, 6.45) is 4.58. The Morgan fingerprint density at radius 3 is 1.81 bits per heavy atom. The van der Waals surface area contributed by atoms with Crippen LogP contribution < -0.4 is 11.1 Å². The first-order valence-electron chi connectivity index (χ1n) is 8.05. The minimum atomic E-state index is -2.58. The number of urea groups is 1. The van der Waals surface area contributed by atoms with Crippen molar-refractivity contribution in [2.45, 2.75) is 58.9 Å². The smallest absolute Gasteiger partial charge is 0.373 e. The van der Waals surface area contributed by atoms with Crippen molar-refractivity contribution in [3.05, 3.63) is 0 Å². The Morgan fingerprint density at radius 2 is 1.43 bits per heavy atom. The number of hydrogen-bond donors (Lipinski definition) is 2. The maximum atomic E-state index is 10.6. The van der Waals surface area contributed by atoms with Crippen molar-refractivity contribution in [3.8, 4) is 0 Å². The summed E-state index contributed by atoms with van der Waals surface area (Å²) in [5, 5.41) is 2.59. The van der Waals surface area contributed by atoms with Crippen LogP contribution in [0.3, 0.4) is 0 Å². The molecule has 0 atom stereocenters. The Bertz CT molecular complexity index is 246. The van der Waals surface area contributed by atoms with Crippen LogP contribution in [0.15, 0.2) is 0 Å². The molecule has 126 valence electrons. The number of nitrogens with one attached hydrogen (secondary N) is 1. The molecule has 6 nitrogen and oxygen atoms in total. The summed E-state index contributed by atoms with van der Waals surface area (Å²) in [7, 11) is -2.58. The van der Waals surface area contributed by atoms with Gasteiger partial charge >= 0.3 is 14.8 Å². The number of carbonyl (C=O) groups excluding carboxylic acids is 1. The van der Waals surface area contributed by atoms with Gasteiger partial charge in [0.1, 0.15) is 0 Å². The van der Waals surface area contributed by atoms with Crippen molar-refractivity contribution >= 4 is 14.8 Å². The van der Waals surface area contributed by atoms with E-state index in [1.807, 2.05) is 0 Å². The van der Waals surface area contributed by atoms with Crippen LogP contribution in [0.4, 0.5) is 4.79 Å². The number of rotatable bonds is 14. The summed E-state index contributed by atoms with van der Waals surface area (Å²) >= 11 is 0. The standard InChI is InChI=1S/C14H32N2O4Si/c1-4-10-18-21(19-11-5-2,20-12-6-3)13-8-7-9-16-14(15)17/h4-13H2,1-3H3,(H3,15,16,17). The van der Waals surface area contributed by atoms with Crippen molar-refractivity contribution in [3.63, 3.8) is 0 Å². The molecule has 0 radical (unpaired) electrons. The largest absolute Gasteiger partial charge is 0.500 e. The van der Waals surface area contributed by atoms with Crippen molar-refractivity contribution in [2.75, 3.05) is 26.4 Å². The average Bonchev–Trinajstić information content (AvgIpc) is 2.47. The van der Waals surface area contributed by atoms with E-state index in [4.69, 9.17) is 19.0 Å². The Morgan fingerprint density at radius 1 is 0.952 bits per heavy atom. The predicted octanol–water partition coefficient (Wildman–Crippen LogP) is 2.65. The zero-order valence-electron chi connectivity index (χ0n) is 13.8. The number of carbonyl (C=O) groups is 1. The Hall–Kier alpha value is -0.633. The zero-order valence-corrected chi connectivity index (χ0v) is 14.8. The fourth-order valence-electron chi connectivity index (χ4n) is 1.79. The molecule has 0 aromatic carbocycles. The van der Waals surface area contributed by atoms with Gasteiger partial charge in [0.2, 0.25) is 0 Å². The number of primary amides is 1. The van der Waals surface area contributed by atoms with Crippen molar-refractivity contribution < 1.29 is 18.1 Å². The molecule has 0 aliphatic heterocycles. The molecule has 0 unspecified atom stereocenters. The van der Waals surface area contributed by atoms with Crippen molar-refractivity contribution in [1.82, 2.24) is 5.32 Å². The van der Waals surface area contributed by atoms with Gasteiger partial charge in [0.05, 0.1) is 0 Å². The first kappa shape index (κ1) is 20.4. The fourth-order valence-corrected chi connectivity index (χ4v) is 4.70. The van der Waals surface area contributed by atoms with Crippen LogP contribution in [0.1, 0.15) is 52.9 Å². The van der Waals surface area contributed by atoms with Gasteiger partial charge in [-0.15, -0.1) is 0 Å². The third-order valence-electron chi connectivity index (χ3n) is 2.79. The lowest BCUT2D eigenvalue weighted by atomic mass is 10.3. The lowest BCUT2D eigenvalue weighted by molar-refractivity contribution is 0.0587. The van der Waals surface area contributed by atoms with Gasteiger partial charge in [0.15, 0.2) is 0 Å². The molecule has 21 heavy (non-hydrogen) atoms. The van der Waals surface area contributed by atoms with E-state index >= 15 is 0 Å². The lowest BCUT2D eigenvalue weighted by Crippen LogP contribution is -2.46. The maximum absolute atomic E-state index is 10.6. The molecule has 2 amide bonds. The highest BCUT2D eigenvalue weighted by Gasteiger charge is 2.40. The number of hydrogen-bond acceptors (Lipinski definition) is 4. The molecular formula is C14H32N2O4Si. The van der Waals surface area contributed by atoms with Gasteiger partial charge in [-0.2, -0.15) is 0 Å². The molecule has 0 aliphatic rings. The van der Waals surface area contributed by atoms with Crippen LogP contribution in [0.5, 0.6) is 0 Å². The molecule has 3 N–H and O–H groups in total. The van der Waals surface area contributed by atoms with Crippen LogP contribution in [-0.2, 0) is 13.3 Å². The summed E-state index contributed by atoms with van der Waals surface area (Å²) in [5.41, 5.74) is 5.04. The molecule has 0 fully saturated rings. The third kappa shape index (κ3) is 10.7. The van der Waals surface area contributed by atoms with Gasteiger partial charge in [-0.1, -0.05) is 20.8 Å². The van der Waals surface area contributed by atoms with Gasteiger partial charge in [-0.05, 0) is 32.1 Å². The molecule has 0 saturated heterocycles. The molecule has 0 heterocycles. The molecule has 7 heteroatoms. The average molecular weight is 321 g/mol. The Balaban J connectivity index is 4.37. The number of amides is 2. The van der Waals surface area contributed by atoms with Gasteiger partial charge in [-0.3, -0.25) is 0 Å². The van der Waals surface area contributed by atoms with Gasteiger partial charge in [0.25, 0.3) is 0 Å². The van der Waals surface area contributed by atoms with Gasteiger partial charge in [0, 0.05) is 32.4 Å². The predicted molar refractivity (Wildman–Crippen MR) is 86.1 cm³/mol. The highest BCUT2D eigenvalue weighted by molar-refractivity contribution is 6.60. The van der Waals surface area contributed by atoms with Gasteiger partial charge < -0.3 is 24.3 Å². The minimum Gasteiger partial charge on any atom is -0.373 e. The van der Waals surface area contributed by atoms with Crippen molar-refractivity contribution in [1.29, 1.82) is 0 Å².